The van der Waals surface area contributed by atoms with Crippen LogP contribution in [-0.4, -0.2) is 26.6 Å². The molecule has 0 aliphatic rings. The molecule has 7 nitrogen and oxygen atoms in total. The predicted molar refractivity (Wildman–Crippen MR) is 119 cm³/mol. The molecule has 3 N–H and O–H groups in total. The van der Waals surface area contributed by atoms with E-state index in [0.717, 1.165) is 6.20 Å². The summed E-state index contributed by atoms with van der Waals surface area (Å²) in [4.78, 5) is 28.7. The van der Waals surface area contributed by atoms with Crippen molar-refractivity contribution in [3.8, 4) is 0 Å². The number of aromatic nitrogens is 3. The van der Waals surface area contributed by atoms with Gasteiger partial charge in [0, 0.05) is 9.86 Å². The summed E-state index contributed by atoms with van der Waals surface area (Å²) >= 11 is 3.23. The van der Waals surface area contributed by atoms with Crippen LogP contribution in [0.2, 0.25) is 0 Å². The number of alkyl halides is 3. The lowest BCUT2D eigenvalue weighted by Gasteiger charge is -2.13. The van der Waals surface area contributed by atoms with Gasteiger partial charge >= 0.3 is 6.18 Å². The maximum absolute atomic E-state index is 13.4. The second-order valence-corrected chi connectivity index (χ2v) is 8.14. The molecule has 4 aromatic rings. The molecule has 0 unspecified atom stereocenters. The van der Waals surface area contributed by atoms with Crippen molar-refractivity contribution in [2.24, 2.45) is 5.73 Å². The largest absolute Gasteiger partial charge is 0.433 e. The molecule has 4 rings (SSSR count). The molecule has 34 heavy (non-hydrogen) atoms. The molecule has 0 spiro atoms. The Balaban J connectivity index is 1.73. The molecule has 174 valence electrons. The van der Waals surface area contributed by atoms with E-state index in [1.807, 2.05) is 0 Å². The highest BCUT2D eigenvalue weighted by Gasteiger charge is 2.34. The van der Waals surface area contributed by atoms with Crippen molar-refractivity contribution in [2.45, 2.75) is 12.7 Å². The number of primary amides is 1. The van der Waals surface area contributed by atoms with Crippen LogP contribution in [0, 0.1) is 5.82 Å². The Hall–Kier alpha value is -3.80. The third kappa shape index (κ3) is 4.76. The average molecular weight is 536 g/mol. The number of anilines is 1. The van der Waals surface area contributed by atoms with E-state index in [0.29, 0.717) is 16.1 Å². The van der Waals surface area contributed by atoms with Crippen LogP contribution in [0.15, 0.2) is 59.2 Å². The number of fused-ring (bicyclic) bond motifs is 1. The normalized spacial score (nSPS) is 11.6. The molecule has 0 aliphatic heterocycles. The highest BCUT2D eigenvalue weighted by molar-refractivity contribution is 9.10. The maximum atomic E-state index is 13.4. The van der Waals surface area contributed by atoms with E-state index in [9.17, 15) is 27.2 Å². The number of amides is 2. The fraction of sp³-hybridized carbons (Fsp3) is 0.0909. The summed E-state index contributed by atoms with van der Waals surface area (Å²) in [5.74, 6) is -2.28. The summed E-state index contributed by atoms with van der Waals surface area (Å²) < 4.78 is 55.0. The SMILES string of the molecule is NC(=O)c1c(NC(=O)c2cc(C(F)(F)F)nc3ccc(Br)cc23)cnn1Cc1ccc(F)cc1. The van der Waals surface area contributed by atoms with Crippen LogP contribution in [0.25, 0.3) is 10.9 Å². The molecule has 0 radical (unpaired) electrons. The number of halogens is 5. The Morgan fingerprint density at radius 1 is 1.09 bits per heavy atom. The van der Waals surface area contributed by atoms with Crippen LogP contribution in [0.4, 0.5) is 23.2 Å². The van der Waals surface area contributed by atoms with Gasteiger partial charge in [-0.2, -0.15) is 18.3 Å². The van der Waals surface area contributed by atoms with E-state index in [1.54, 1.807) is 0 Å². The summed E-state index contributed by atoms with van der Waals surface area (Å²) in [7, 11) is 0. The van der Waals surface area contributed by atoms with Gasteiger partial charge in [-0.1, -0.05) is 28.1 Å². The lowest BCUT2D eigenvalue weighted by atomic mass is 10.1. The van der Waals surface area contributed by atoms with Gasteiger partial charge in [-0.3, -0.25) is 14.3 Å². The van der Waals surface area contributed by atoms with Crippen molar-refractivity contribution in [2.75, 3.05) is 5.32 Å². The van der Waals surface area contributed by atoms with Gasteiger partial charge in [-0.05, 0) is 42.0 Å². The van der Waals surface area contributed by atoms with Crippen LogP contribution in [0.1, 0.15) is 32.1 Å². The number of hydrogen-bond acceptors (Lipinski definition) is 4. The van der Waals surface area contributed by atoms with Crippen LogP contribution in [0.3, 0.4) is 0 Å². The first-order valence-electron chi connectivity index (χ1n) is 9.62. The second-order valence-electron chi connectivity index (χ2n) is 7.22. The quantitative estimate of drug-likeness (QED) is 0.360. The summed E-state index contributed by atoms with van der Waals surface area (Å²) in [6, 6.07) is 10.4. The fourth-order valence-corrected chi connectivity index (χ4v) is 3.70. The van der Waals surface area contributed by atoms with Crippen molar-refractivity contribution in [1.82, 2.24) is 14.8 Å². The number of nitrogens with two attached hydrogens (primary N) is 1. The first-order valence-corrected chi connectivity index (χ1v) is 10.4. The van der Waals surface area contributed by atoms with E-state index in [4.69, 9.17) is 5.73 Å². The van der Waals surface area contributed by atoms with Gasteiger partial charge < -0.3 is 11.1 Å². The molecule has 0 bridgehead atoms. The van der Waals surface area contributed by atoms with Crippen molar-refractivity contribution in [3.63, 3.8) is 0 Å². The molecule has 2 heterocycles. The number of rotatable bonds is 5. The molecule has 2 aromatic heterocycles. The minimum Gasteiger partial charge on any atom is -0.364 e. The monoisotopic (exact) mass is 535 g/mol. The van der Waals surface area contributed by atoms with E-state index in [1.165, 1.54) is 47.1 Å². The molecule has 0 saturated heterocycles. The summed E-state index contributed by atoms with van der Waals surface area (Å²) in [5.41, 5.74) is 4.22. The molecule has 12 heteroatoms. The Kier molecular flexibility index (Phi) is 6.09. The Labute approximate surface area is 197 Å². The van der Waals surface area contributed by atoms with E-state index >= 15 is 0 Å². The Morgan fingerprint density at radius 2 is 1.79 bits per heavy atom. The van der Waals surface area contributed by atoms with Gasteiger partial charge in [-0.15, -0.1) is 0 Å². The Bertz CT molecular complexity index is 1420. The van der Waals surface area contributed by atoms with Gasteiger partial charge in [-0.25, -0.2) is 9.37 Å². The lowest BCUT2D eigenvalue weighted by Crippen LogP contribution is -2.22. The van der Waals surface area contributed by atoms with Crippen LogP contribution < -0.4 is 11.1 Å². The molecular weight excluding hydrogens is 522 g/mol. The number of nitrogens with one attached hydrogen (secondary N) is 1. The van der Waals surface area contributed by atoms with E-state index < -0.39 is 29.5 Å². The Morgan fingerprint density at radius 3 is 2.44 bits per heavy atom. The number of nitrogens with zero attached hydrogens (tertiary/aromatic N) is 3. The molecule has 0 atom stereocenters. The van der Waals surface area contributed by atoms with Crippen molar-refractivity contribution in [1.29, 1.82) is 0 Å². The van der Waals surface area contributed by atoms with Gasteiger partial charge in [0.25, 0.3) is 11.8 Å². The highest BCUT2D eigenvalue weighted by Crippen LogP contribution is 2.32. The van der Waals surface area contributed by atoms with Gasteiger partial charge in [0.05, 0.1) is 29.5 Å². The standard InChI is InChI=1S/C22H14BrF4N5O2/c23-12-3-6-16-14(7-12)15(8-18(30-16)22(25,26)27)21(34)31-17-9-29-32(19(17)20(28)33)10-11-1-4-13(24)5-2-11/h1-9H,10H2,(H2,28,33)(H,31,34). The third-order valence-electron chi connectivity index (χ3n) is 4.87. The highest BCUT2D eigenvalue weighted by atomic mass is 79.9. The number of carbonyl (C=O) groups is 2. The molecule has 2 aromatic carbocycles. The van der Waals surface area contributed by atoms with E-state index in [2.05, 4.69) is 31.3 Å². The first-order chi connectivity index (χ1) is 16.0. The smallest absolute Gasteiger partial charge is 0.364 e. The number of carbonyl (C=O) groups excluding carboxylic acids is 2. The third-order valence-corrected chi connectivity index (χ3v) is 5.37. The molecular formula is C22H14BrF4N5O2. The van der Waals surface area contributed by atoms with Gasteiger partial charge in [0.2, 0.25) is 0 Å². The summed E-state index contributed by atoms with van der Waals surface area (Å²) in [5, 5.41) is 6.63. The molecule has 0 aliphatic carbocycles. The number of hydrogen-bond donors (Lipinski definition) is 2. The lowest BCUT2D eigenvalue weighted by molar-refractivity contribution is -0.140. The zero-order valence-corrected chi connectivity index (χ0v) is 18.6. The zero-order chi connectivity index (χ0) is 24.6. The number of benzene rings is 2. The zero-order valence-electron chi connectivity index (χ0n) is 17.0. The van der Waals surface area contributed by atoms with Gasteiger partial charge in [0.1, 0.15) is 17.2 Å². The first kappa shape index (κ1) is 23.4. The molecule has 0 fully saturated rings. The minimum absolute atomic E-state index is 0.0368. The average Bonchev–Trinajstić information content (AvgIpc) is 3.16. The fourth-order valence-electron chi connectivity index (χ4n) is 3.34. The molecule has 2 amide bonds. The molecule has 0 saturated carbocycles. The van der Waals surface area contributed by atoms with Crippen LogP contribution in [0.5, 0.6) is 0 Å². The van der Waals surface area contributed by atoms with E-state index in [-0.39, 0.29) is 34.4 Å². The second kappa shape index (κ2) is 8.86. The number of pyridine rings is 1. The predicted octanol–water partition coefficient (Wildman–Crippen LogP) is 4.75. The van der Waals surface area contributed by atoms with Crippen LogP contribution >= 0.6 is 15.9 Å². The van der Waals surface area contributed by atoms with Crippen molar-refractivity contribution >= 4 is 44.3 Å². The minimum atomic E-state index is -4.78. The summed E-state index contributed by atoms with van der Waals surface area (Å²) in [6.07, 6.45) is -3.62. The van der Waals surface area contributed by atoms with Crippen molar-refractivity contribution < 1.29 is 27.2 Å². The van der Waals surface area contributed by atoms with Gasteiger partial charge in [0.15, 0.2) is 0 Å². The topological polar surface area (TPSA) is 103 Å². The maximum Gasteiger partial charge on any atom is 0.433 e. The van der Waals surface area contributed by atoms with Crippen LogP contribution in [-0.2, 0) is 12.7 Å². The van der Waals surface area contributed by atoms with Crippen molar-refractivity contribution in [3.05, 3.63) is 87.5 Å². The summed E-state index contributed by atoms with van der Waals surface area (Å²) in [6.45, 7) is 0.0395.